The molecule has 94 valence electrons. The highest BCUT2D eigenvalue weighted by Gasteiger charge is 2.14. The maximum Gasteiger partial charge on any atom is 0.182 e. The fraction of sp³-hybridized carbons (Fsp3) is 0. The van der Waals surface area contributed by atoms with E-state index in [-0.39, 0.29) is 11.4 Å². The van der Waals surface area contributed by atoms with Crippen molar-refractivity contribution < 1.29 is 17.6 Å². The summed E-state index contributed by atoms with van der Waals surface area (Å²) in [7, 11) is 0. The van der Waals surface area contributed by atoms with Crippen LogP contribution in [-0.2, 0) is 0 Å². The number of benzene rings is 2. The Labute approximate surface area is 100 Å². The Morgan fingerprint density at radius 1 is 0.889 bits per heavy atom. The molecule has 0 unspecified atom stereocenters. The van der Waals surface area contributed by atoms with Crippen molar-refractivity contribution in [1.82, 2.24) is 0 Å². The zero-order chi connectivity index (χ0) is 13.3. The normalized spacial score (nSPS) is 10.4. The van der Waals surface area contributed by atoms with E-state index in [1.807, 2.05) is 0 Å². The average molecular weight is 256 g/mol. The van der Waals surface area contributed by atoms with Gasteiger partial charge in [0, 0.05) is 5.69 Å². The lowest BCUT2D eigenvalue weighted by atomic mass is 10.2. The summed E-state index contributed by atoms with van der Waals surface area (Å²) >= 11 is 0. The van der Waals surface area contributed by atoms with Crippen LogP contribution in [0.15, 0.2) is 30.3 Å². The third kappa shape index (κ3) is 2.22. The number of halogens is 4. The topological polar surface area (TPSA) is 38.0 Å². The largest absolute Gasteiger partial charge is 0.399 e. The summed E-state index contributed by atoms with van der Waals surface area (Å²) in [6.07, 6.45) is 0. The molecule has 0 aliphatic carbocycles. The van der Waals surface area contributed by atoms with Gasteiger partial charge >= 0.3 is 0 Å². The summed E-state index contributed by atoms with van der Waals surface area (Å²) in [6, 6.07) is 5.03. The van der Waals surface area contributed by atoms with Crippen LogP contribution in [-0.4, -0.2) is 0 Å². The molecule has 2 aromatic carbocycles. The van der Waals surface area contributed by atoms with Crippen LogP contribution < -0.4 is 11.1 Å². The Morgan fingerprint density at radius 2 is 1.50 bits per heavy atom. The average Bonchev–Trinajstić information content (AvgIpc) is 2.28. The number of nitrogens with one attached hydrogen (secondary N) is 1. The predicted molar refractivity (Wildman–Crippen MR) is 60.4 cm³/mol. The highest BCUT2D eigenvalue weighted by atomic mass is 19.2. The standard InChI is InChI=1S/C12H8F4N2/c13-7-2-1-3-10(11(7)16)18-12-8(14)4-6(17)5-9(12)15/h1-5,18H,17H2. The molecule has 0 atom stereocenters. The lowest BCUT2D eigenvalue weighted by Gasteiger charge is -2.10. The van der Waals surface area contributed by atoms with Gasteiger partial charge in [0.05, 0.1) is 5.69 Å². The van der Waals surface area contributed by atoms with Gasteiger partial charge in [-0.2, -0.15) is 0 Å². The third-order valence-electron chi connectivity index (χ3n) is 2.28. The molecular weight excluding hydrogens is 248 g/mol. The Bertz CT molecular complexity index is 576. The second kappa shape index (κ2) is 4.56. The van der Waals surface area contributed by atoms with Crippen molar-refractivity contribution in [2.24, 2.45) is 0 Å². The first kappa shape index (κ1) is 12.2. The number of nitrogens with two attached hydrogens (primary N) is 1. The molecule has 3 N–H and O–H groups in total. The number of nitrogen functional groups attached to an aromatic ring is 1. The van der Waals surface area contributed by atoms with Gasteiger partial charge in [0.25, 0.3) is 0 Å². The van der Waals surface area contributed by atoms with E-state index in [1.54, 1.807) is 0 Å². The molecule has 0 aromatic heterocycles. The molecule has 0 heterocycles. The quantitative estimate of drug-likeness (QED) is 0.636. The van der Waals surface area contributed by atoms with Gasteiger partial charge in [-0.1, -0.05) is 6.07 Å². The van der Waals surface area contributed by atoms with Crippen LogP contribution in [0.25, 0.3) is 0 Å². The van der Waals surface area contributed by atoms with Crippen molar-refractivity contribution >= 4 is 17.1 Å². The van der Waals surface area contributed by atoms with Crippen LogP contribution in [0.1, 0.15) is 0 Å². The minimum atomic E-state index is -1.21. The first-order chi connectivity index (χ1) is 8.49. The summed E-state index contributed by atoms with van der Waals surface area (Å²) in [5.74, 6) is -4.31. The van der Waals surface area contributed by atoms with E-state index in [1.165, 1.54) is 6.07 Å². The van der Waals surface area contributed by atoms with Crippen LogP contribution in [0.3, 0.4) is 0 Å². The van der Waals surface area contributed by atoms with E-state index in [9.17, 15) is 17.6 Å². The lowest BCUT2D eigenvalue weighted by molar-refractivity contribution is 0.511. The number of hydrogen-bond acceptors (Lipinski definition) is 2. The molecule has 2 rings (SSSR count). The van der Waals surface area contributed by atoms with Crippen molar-refractivity contribution in [1.29, 1.82) is 0 Å². The fourth-order valence-electron chi connectivity index (χ4n) is 1.45. The predicted octanol–water partition coefficient (Wildman–Crippen LogP) is 3.57. The van der Waals surface area contributed by atoms with Crippen LogP contribution in [0.2, 0.25) is 0 Å². The molecule has 0 fully saturated rings. The van der Waals surface area contributed by atoms with Crippen molar-refractivity contribution in [3.8, 4) is 0 Å². The number of rotatable bonds is 2. The summed E-state index contributed by atoms with van der Waals surface area (Å²) < 4.78 is 53.1. The zero-order valence-corrected chi connectivity index (χ0v) is 8.98. The van der Waals surface area contributed by atoms with Gasteiger partial charge in [-0.05, 0) is 24.3 Å². The number of anilines is 3. The van der Waals surface area contributed by atoms with Crippen molar-refractivity contribution in [3.63, 3.8) is 0 Å². The van der Waals surface area contributed by atoms with Crippen LogP contribution in [0, 0.1) is 23.3 Å². The molecule has 2 nitrogen and oxygen atoms in total. The first-order valence-corrected chi connectivity index (χ1v) is 4.94. The van der Waals surface area contributed by atoms with E-state index < -0.39 is 29.0 Å². The van der Waals surface area contributed by atoms with Crippen molar-refractivity contribution in [2.45, 2.75) is 0 Å². The zero-order valence-electron chi connectivity index (χ0n) is 8.98. The Kier molecular flexibility index (Phi) is 3.10. The Balaban J connectivity index is 2.43. The highest BCUT2D eigenvalue weighted by molar-refractivity contribution is 5.63. The molecule has 18 heavy (non-hydrogen) atoms. The van der Waals surface area contributed by atoms with E-state index in [4.69, 9.17) is 5.73 Å². The summed E-state index contributed by atoms with van der Waals surface area (Å²) in [5.41, 5.74) is 4.18. The second-order valence-corrected chi connectivity index (χ2v) is 3.59. The van der Waals surface area contributed by atoms with E-state index in [0.29, 0.717) is 0 Å². The molecule has 0 aliphatic rings. The Morgan fingerprint density at radius 3 is 2.11 bits per heavy atom. The monoisotopic (exact) mass is 256 g/mol. The van der Waals surface area contributed by atoms with Crippen molar-refractivity contribution in [3.05, 3.63) is 53.6 Å². The summed E-state index contributed by atoms with van der Waals surface area (Å²) in [5, 5.41) is 2.16. The molecule has 2 aromatic rings. The molecule has 0 spiro atoms. The molecule has 0 aliphatic heterocycles. The van der Waals surface area contributed by atoms with Crippen molar-refractivity contribution in [2.75, 3.05) is 11.1 Å². The van der Waals surface area contributed by atoms with Gasteiger partial charge in [-0.3, -0.25) is 0 Å². The second-order valence-electron chi connectivity index (χ2n) is 3.59. The van der Waals surface area contributed by atoms with Gasteiger partial charge in [0.2, 0.25) is 0 Å². The summed E-state index contributed by atoms with van der Waals surface area (Å²) in [4.78, 5) is 0. The maximum atomic E-state index is 13.4. The Hall–Kier alpha value is -2.24. The number of hydrogen-bond donors (Lipinski definition) is 2. The fourth-order valence-corrected chi connectivity index (χ4v) is 1.45. The maximum absolute atomic E-state index is 13.4. The lowest BCUT2D eigenvalue weighted by Crippen LogP contribution is -2.02. The highest BCUT2D eigenvalue weighted by Crippen LogP contribution is 2.27. The SMILES string of the molecule is Nc1cc(F)c(Nc2cccc(F)c2F)c(F)c1. The van der Waals surface area contributed by atoms with E-state index in [0.717, 1.165) is 24.3 Å². The van der Waals surface area contributed by atoms with E-state index >= 15 is 0 Å². The molecule has 0 saturated heterocycles. The van der Waals surface area contributed by atoms with Gasteiger partial charge < -0.3 is 11.1 Å². The smallest absolute Gasteiger partial charge is 0.182 e. The minimum absolute atomic E-state index is 0.102. The van der Waals surface area contributed by atoms with Gasteiger partial charge in [0.1, 0.15) is 5.69 Å². The molecule has 6 heteroatoms. The first-order valence-electron chi connectivity index (χ1n) is 4.94. The third-order valence-corrected chi connectivity index (χ3v) is 2.28. The molecule has 0 amide bonds. The van der Waals surface area contributed by atoms with Crippen LogP contribution in [0.5, 0.6) is 0 Å². The summed E-state index contributed by atoms with van der Waals surface area (Å²) in [6.45, 7) is 0. The van der Waals surface area contributed by atoms with Gasteiger partial charge in [-0.25, -0.2) is 17.6 Å². The van der Waals surface area contributed by atoms with Crippen LogP contribution in [0.4, 0.5) is 34.6 Å². The molecular formula is C12H8F4N2. The molecule has 0 bridgehead atoms. The minimum Gasteiger partial charge on any atom is -0.399 e. The van der Waals surface area contributed by atoms with Crippen LogP contribution >= 0.6 is 0 Å². The van der Waals surface area contributed by atoms with Gasteiger partial charge in [0.15, 0.2) is 23.3 Å². The van der Waals surface area contributed by atoms with E-state index in [2.05, 4.69) is 5.32 Å². The molecule has 0 radical (unpaired) electrons. The molecule has 0 saturated carbocycles. The van der Waals surface area contributed by atoms with Gasteiger partial charge in [-0.15, -0.1) is 0 Å².